The topological polar surface area (TPSA) is 116 Å². The van der Waals surface area contributed by atoms with Gasteiger partial charge in [-0.15, -0.1) is 5.06 Å². The number of anilines is 1. The van der Waals surface area contributed by atoms with Crippen molar-refractivity contribution in [2.24, 2.45) is 0 Å². The van der Waals surface area contributed by atoms with E-state index < -0.39 is 11.8 Å². The van der Waals surface area contributed by atoms with Gasteiger partial charge in [0.05, 0.1) is 18.0 Å². The van der Waals surface area contributed by atoms with Crippen LogP contribution in [-0.2, 0) is 9.57 Å². The second kappa shape index (κ2) is 7.49. The Hall–Kier alpha value is -3.33. The quantitative estimate of drug-likeness (QED) is 0.629. The van der Waals surface area contributed by atoms with Gasteiger partial charge in [0.15, 0.2) is 0 Å². The summed E-state index contributed by atoms with van der Waals surface area (Å²) in [6, 6.07) is 6.95. The third-order valence-corrected chi connectivity index (χ3v) is 4.93. The zero-order valence-corrected chi connectivity index (χ0v) is 17.2. The normalized spacial score (nSPS) is 17.4. The Balaban J connectivity index is 1.62. The van der Waals surface area contributed by atoms with Crippen molar-refractivity contribution in [3.05, 3.63) is 36.8 Å². The number of ether oxygens (including phenoxy) is 1. The molecule has 0 spiro atoms. The van der Waals surface area contributed by atoms with Crippen LogP contribution in [0.4, 0.5) is 10.6 Å². The number of rotatable bonds is 3. The first kappa shape index (κ1) is 20.0. The predicted octanol–water partition coefficient (Wildman–Crippen LogP) is 3.50. The lowest BCUT2D eigenvalue weighted by molar-refractivity contribution is -0.131. The zero-order chi connectivity index (χ0) is 21.5. The molecule has 4 rings (SSSR count). The molecule has 1 aliphatic rings. The van der Waals surface area contributed by atoms with Gasteiger partial charge in [-0.2, -0.15) is 0 Å². The maximum Gasteiger partial charge on any atom is 0.528 e. The van der Waals surface area contributed by atoms with Crippen LogP contribution < -0.4 is 5.73 Å². The monoisotopic (exact) mass is 411 g/mol. The van der Waals surface area contributed by atoms with E-state index in [-0.39, 0.29) is 11.8 Å². The van der Waals surface area contributed by atoms with Crippen molar-refractivity contribution in [2.45, 2.75) is 38.8 Å². The molecule has 9 nitrogen and oxygen atoms in total. The minimum atomic E-state index is -0.711. The Morgan fingerprint density at radius 2 is 1.97 bits per heavy atom. The molecule has 0 amide bonds. The number of phenols is 1. The first-order valence-electron chi connectivity index (χ1n) is 9.77. The van der Waals surface area contributed by atoms with Crippen LogP contribution in [0.3, 0.4) is 0 Å². The van der Waals surface area contributed by atoms with Gasteiger partial charge in [-0.25, -0.2) is 14.8 Å². The van der Waals surface area contributed by atoms with Crippen LogP contribution in [0.1, 0.15) is 33.2 Å². The Bertz CT molecular complexity index is 1070. The number of nitrogens with two attached hydrogens (primary N) is 1. The summed E-state index contributed by atoms with van der Waals surface area (Å²) in [5.74, 6) is 0.583. The molecule has 0 bridgehead atoms. The number of hydroxylamine groups is 2. The van der Waals surface area contributed by atoms with E-state index in [0.29, 0.717) is 18.9 Å². The summed E-state index contributed by atoms with van der Waals surface area (Å²) in [6.45, 7) is 6.46. The first-order chi connectivity index (χ1) is 14.2. The molecule has 1 atom stereocenters. The highest BCUT2D eigenvalue weighted by Gasteiger charge is 2.30. The van der Waals surface area contributed by atoms with Gasteiger partial charge in [-0.3, -0.25) is 0 Å². The summed E-state index contributed by atoms with van der Waals surface area (Å²) in [5, 5.41) is 12.0. The van der Waals surface area contributed by atoms with E-state index in [2.05, 4.69) is 9.97 Å². The van der Waals surface area contributed by atoms with Crippen molar-refractivity contribution in [2.75, 3.05) is 18.8 Å². The molecule has 1 fully saturated rings. The summed E-state index contributed by atoms with van der Waals surface area (Å²) >= 11 is 0. The fraction of sp³-hybridized carbons (Fsp3) is 0.381. The van der Waals surface area contributed by atoms with Gasteiger partial charge in [-0.05, 0) is 44.9 Å². The first-order valence-corrected chi connectivity index (χ1v) is 9.77. The highest BCUT2D eigenvalue weighted by Crippen LogP contribution is 2.36. The maximum atomic E-state index is 12.0. The number of hydrogen-bond donors (Lipinski definition) is 2. The van der Waals surface area contributed by atoms with Gasteiger partial charge in [0.1, 0.15) is 29.1 Å². The van der Waals surface area contributed by atoms with Crippen LogP contribution in [0, 0.1) is 0 Å². The minimum Gasteiger partial charge on any atom is -0.508 e. The fourth-order valence-electron chi connectivity index (χ4n) is 3.64. The van der Waals surface area contributed by atoms with Crippen molar-refractivity contribution in [1.82, 2.24) is 19.6 Å². The molecule has 1 aromatic carbocycles. The van der Waals surface area contributed by atoms with E-state index in [9.17, 15) is 9.90 Å². The lowest BCUT2D eigenvalue weighted by atomic mass is 10.1. The van der Waals surface area contributed by atoms with E-state index in [4.69, 9.17) is 15.3 Å². The van der Waals surface area contributed by atoms with Crippen LogP contribution >= 0.6 is 0 Å². The molecule has 158 valence electrons. The van der Waals surface area contributed by atoms with Crippen molar-refractivity contribution in [1.29, 1.82) is 0 Å². The average molecular weight is 411 g/mol. The molecule has 3 aromatic rings. The smallest absolute Gasteiger partial charge is 0.508 e. The SMILES string of the molecule is CC(C)(C)OC(=O)ON1CCC(n2cc(-c3ccc(O)cc3)c3c(N)ncnc32)C1. The number of nitrogen functional groups attached to an aromatic ring is 1. The van der Waals surface area contributed by atoms with Crippen LogP contribution in [0.15, 0.2) is 36.8 Å². The fourth-order valence-corrected chi connectivity index (χ4v) is 3.64. The largest absolute Gasteiger partial charge is 0.528 e. The highest BCUT2D eigenvalue weighted by molar-refractivity contribution is 6.00. The summed E-state index contributed by atoms with van der Waals surface area (Å²) in [7, 11) is 0. The van der Waals surface area contributed by atoms with E-state index >= 15 is 0 Å². The third kappa shape index (κ3) is 4.02. The predicted molar refractivity (Wildman–Crippen MR) is 112 cm³/mol. The number of carbonyl (C=O) groups excluding carboxylic acids is 1. The molecule has 2 aromatic heterocycles. The third-order valence-electron chi connectivity index (χ3n) is 4.93. The molecule has 30 heavy (non-hydrogen) atoms. The molecule has 1 aliphatic heterocycles. The molecular formula is C21H25N5O4. The van der Waals surface area contributed by atoms with E-state index in [1.165, 1.54) is 6.33 Å². The average Bonchev–Trinajstić information content (AvgIpc) is 3.26. The molecule has 0 radical (unpaired) electrons. The molecule has 9 heteroatoms. The number of hydrogen-bond acceptors (Lipinski definition) is 8. The molecular weight excluding hydrogens is 386 g/mol. The minimum absolute atomic E-state index is 0.0371. The second-order valence-corrected chi connectivity index (χ2v) is 8.34. The number of aromatic hydroxyl groups is 1. The van der Waals surface area contributed by atoms with Gasteiger partial charge < -0.3 is 25.0 Å². The van der Waals surface area contributed by atoms with E-state index in [1.807, 2.05) is 22.9 Å². The second-order valence-electron chi connectivity index (χ2n) is 8.34. The van der Waals surface area contributed by atoms with Gasteiger partial charge in [-0.1, -0.05) is 12.1 Å². The van der Waals surface area contributed by atoms with Crippen molar-refractivity contribution in [3.63, 3.8) is 0 Å². The molecule has 1 unspecified atom stereocenters. The Morgan fingerprint density at radius 1 is 1.23 bits per heavy atom. The van der Waals surface area contributed by atoms with Crippen molar-refractivity contribution >= 4 is 23.0 Å². The molecule has 0 saturated carbocycles. The van der Waals surface area contributed by atoms with Crippen molar-refractivity contribution < 1.29 is 19.5 Å². The Morgan fingerprint density at radius 3 is 2.67 bits per heavy atom. The number of aromatic nitrogens is 3. The molecule has 0 aliphatic carbocycles. The van der Waals surface area contributed by atoms with Crippen LogP contribution in [0.2, 0.25) is 0 Å². The number of nitrogens with zero attached hydrogens (tertiary/aromatic N) is 4. The van der Waals surface area contributed by atoms with E-state index in [0.717, 1.165) is 28.6 Å². The zero-order valence-electron chi connectivity index (χ0n) is 17.2. The van der Waals surface area contributed by atoms with Gasteiger partial charge in [0.2, 0.25) is 0 Å². The summed E-state index contributed by atoms with van der Waals surface area (Å²) in [5.41, 5.74) is 8.07. The van der Waals surface area contributed by atoms with Gasteiger partial charge in [0.25, 0.3) is 0 Å². The summed E-state index contributed by atoms with van der Waals surface area (Å²) in [6.07, 6.45) is 3.49. The maximum absolute atomic E-state index is 12.0. The molecule has 3 heterocycles. The number of phenolic OH excluding ortho intramolecular Hbond substituents is 1. The highest BCUT2D eigenvalue weighted by atomic mass is 16.8. The van der Waals surface area contributed by atoms with E-state index in [1.54, 1.807) is 38.0 Å². The standard InChI is InChI=1S/C21H25N5O4/c1-21(2,3)29-20(28)30-25-9-8-14(10-25)26-11-16(13-4-6-15(27)7-5-13)17-18(22)23-12-24-19(17)26/h4-7,11-12,14,27H,8-10H2,1-3H3,(H2,22,23,24). The lowest BCUT2D eigenvalue weighted by Crippen LogP contribution is -2.31. The van der Waals surface area contributed by atoms with Crippen LogP contribution in [-0.4, -0.2) is 49.6 Å². The van der Waals surface area contributed by atoms with Crippen LogP contribution in [0.5, 0.6) is 5.75 Å². The Kier molecular flexibility index (Phi) is 4.98. The molecule has 1 saturated heterocycles. The number of benzene rings is 1. The number of fused-ring (bicyclic) bond motifs is 1. The number of carbonyl (C=O) groups is 1. The lowest BCUT2D eigenvalue weighted by Gasteiger charge is -2.21. The summed E-state index contributed by atoms with van der Waals surface area (Å²) < 4.78 is 7.28. The molecule has 3 N–H and O–H groups in total. The van der Waals surface area contributed by atoms with Gasteiger partial charge >= 0.3 is 6.16 Å². The Labute approximate surface area is 174 Å². The van der Waals surface area contributed by atoms with Crippen molar-refractivity contribution in [3.8, 4) is 16.9 Å². The van der Waals surface area contributed by atoms with Gasteiger partial charge in [0, 0.05) is 18.3 Å². The van der Waals surface area contributed by atoms with Crippen LogP contribution in [0.25, 0.3) is 22.2 Å². The summed E-state index contributed by atoms with van der Waals surface area (Å²) in [4.78, 5) is 25.9.